The molecule has 0 saturated heterocycles. The van der Waals surface area contributed by atoms with Crippen LogP contribution in [-0.2, 0) is 14.3 Å². The van der Waals surface area contributed by atoms with Gasteiger partial charge >= 0.3 is 5.97 Å². The first-order valence-corrected chi connectivity index (χ1v) is 6.83. The van der Waals surface area contributed by atoms with E-state index in [2.05, 4.69) is 0 Å². The number of hydrogen-bond acceptors (Lipinski definition) is 5. The maximum Gasteiger partial charge on any atom is 0.331 e. The van der Waals surface area contributed by atoms with Gasteiger partial charge in [-0.2, -0.15) is 0 Å². The molecule has 3 N–H and O–H groups in total. The number of esters is 1. The summed E-state index contributed by atoms with van der Waals surface area (Å²) in [5.74, 6) is 0.375. The molecule has 110 valence electrons. The van der Waals surface area contributed by atoms with E-state index in [1.54, 1.807) is 0 Å². The van der Waals surface area contributed by atoms with Gasteiger partial charge in [-0.3, -0.25) is 0 Å². The fourth-order valence-corrected chi connectivity index (χ4v) is 2.19. The topological polar surface area (TPSA) is 81.8 Å². The van der Waals surface area contributed by atoms with Crippen LogP contribution >= 0.6 is 0 Å². The molecule has 0 aromatic carbocycles. The Hall–Kier alpha value is -1.59. The molecule has 1 heterocycles. The average Bonchev–Trinajstić information content (AvgIpc) is 2.44. The molecule has 1 aliphatic heterocycles. The zero-order chi connectivity index (χ0) is 14.6. The molecule has 0 amide bonds. The molecule has 1 aliphatic carbocycles. The zero-order valence-corrected chi connectivity index (χ0v) is 11.6. The van der Waals surface area contributed by atoms with Crippen molar-refractivity contribution in [3.63, 3.8) is 0 Å². The third-order valence-corrected chi connectivity index (χ3v) is 3.58. The Morgan fingerprint density at radius 1 is 1.50 bits per heavy atom. The van der Waals surface area contributed by atoms with Gasteiger partial charge in [-0.05, 0) is 31.9 Å². The predicted octanol–water partition coefficient (Wildman–Crippen LogP) is 1.04. The summed E-state index contributed by atoms with van der Waals surface area (Å²) in [4.78, 5) is 11.3. The number of hydrogen-bond donors (Lipinski definition) is 2. The largest absolute Gasteiger partial charge is 0.494 e. The highest BCUT2D eigenvalue weighted by Crippen LogP contribution is 2.36. The lowest BCUT2D eigenvalue weighted by Gasteiger charge is -2.35. The minimum atomic E-state index is -0.327. The molecule has 0 aromatic rings. The summed E-state index contributed by atoms with van der Waals surface area (Å²) in [6.07, 6.45) is 10.2. The number of fused-ring (bicyclic) bond motifs is 1. The van der Waals surface area contributed by atoms with Crippen molar-refractivity contribution in [3.05, 3.63) is 36.1 Å². The van der Waals surface area contributed by atoms with Crippen LogP contribution in [-0.4, -0.2) is 36.4 Å². The van der Waals surface area contributed by atoms with Gasteiger partial charge in [-0.25, -0.2) is 4.79 Å². The molecular weight excluding hydrogens is 258 g/mol. The highest BCUT2D eigenvalue weighted by molar-refractivity contribution is 5.83. The van der Waals surface area contributed by atoms with Crippen molar-refractivity contribution in [2.75, 3.05) is 13.2 Å². The van der Waals surface area contributed by atoms with Crippen molar-refractivity contribution in [2.45, 2.75) is 31.9 Å². The van der Waals surface area contributed by atoms with Gasteiger partial charge in [0, 0.05) is 17.5 Å². The first kappa shape index (κ1) is 14.8. The number of carbonyl (C=O) groups is 1. The van der Waals surface area contributed by atoms with E-state index in [1.165, 1.54) is 6.08 Å². The van der Waals surface area contributed by atoms with E-state index in [0.29, 0.717) is 18.8 Å². The van der Waals surface area contributed by atoms with Crippen LogP contribution in [0.5, 0.6) is 0 Å². The Kier molecular flexibility index (Phi) is 4.62. The van der Waals surface area contributed by atoms with Gasteiger partial charge in [0.25, 0.3) is 0 Å². The summed E-state index contributed by atoms with van der Waals surface area (Å²) < 4.78 is 10.9. The monoisotopic (exact) mass is 279 g/mol. The highest BCUT2D eigenvalue weighted by Gasteiger charge is 2.36. The molecule has 0 fully saturated rings. The van der Waals surface area contributed by atoms with Crippen molar-refractivity contribution in [1.29, 1.82) is 0 Å². The maximum absolute atomic E-state index is 11.3. The summed E-state index contributed by atoms with van der Waals surface area (Å²) >= 11 is 0. The van der Waals surface area contributed by atoms with Gasteiger partial charge in [-0.1, -0.05) is 12.2 Å². The number of carbonyl (C=O) groups excluding carboxylic acids is 1. The minimum Gasteiger partial charge on any atom is -0.494 e. The molecule has 2 rings (SSSR count). The van der Waals surface area contributed by atoms with Crippen LogP contribution in [0.1, 0.15) is 19.8 Å². The molecule has 0 radical (unpaired) electrons. The molecule has 0 saturated carbocycles. The molecule has 3 unspecified atom stereocenters. The highest BCUT2D eigenvalue weighted by atomic mass is 16.5. The quantitative estimate of drug-likeness (QED) is 0.561. The van der Waals surface area contributed by atoms with Gasteiger partial charge in [-0.15, -0.1) is 0 Å². The molecule has 20 heavy (non-hydrogen) atoms. The first-order valence-electron chi connectivity index (χ1n) is 6.83. The third-order valence-electron chi connectivity index (χ3n) is 3.58. The standard InChI is InChI=1S/C15H21NO4/c1-15-6-4-12(19-8-2-3-11(16)10-17)9-13(15)20-14(18)5-7-15/h4-7,9,11,13,17H,2-3,8,10,16H2,1H3. The number of aliphatic hydroxyl groups is 1. The molecule has 5 heteroatoms. The minimum absolute atomic E-state index is 0.00862. The molecule has 5 nitrogen and oxygen atoms in total. The van der Waals surface area contributed by atoms with Gasteiger partial charge in [0.05, 0.1) is 13.2 Å². The normalized spacial score (nSPS) is 29.4. The second-order valence-electron chi connectivity index (χ2n) is 5.39. The second kappa shape index (κ2) is 6.24. The fourth-order valence-electron chi connectivity index (χ4n) is 2.19. The second-order valence-corrected chi connectivity index (χ2v) is 5.39. The first-order chi connectivity index (χ1) is 9.53. The van der Waals surface area contributed by atoms with E-state index in [0.717, 1.165) is 6.42 Å². The van der Waals surface area contributed by atoms with Crippen LogP contribution in [0.4, 0.5) is 0 Å². The van der Waals surface area contributed by atoms with Gasteiger partial charge < -0.3 is 20.3 Å². The smallest absolute Gasteiger partial charge is 0.331 e. The van der Waals surface area contributed by atoms with E-state index in [9.17, 15) is 4.79 Å². The summed E-state index contributed by atoms with van der Waals surface area (Å²) in [5.41, 5.74) is 5.32. The van der Waals surface area contributed by atoms with E-state index in [4.69, 9.17) is 20.3 Å². The van der Waals surface area contributed by atoms with Crippen molar-refractivity contribution in [2.24, 2.45) is 11.1 Å². The van der Waals surface area contributed by atoms with Gasteiger partial charge in [0.1, 0.15) is 11.9 Å². The van der Waals surface area contributed by atoms with Crippen LogP contribution in [0.2, 0.25) is 0 Å². The summed E-state index contributed by atoms with van der Waals surface area (Å²) in [6.45, 7) is 2.52. The zero-order valence-electron chi connectivity index (χ0n) is 11.6. The Labute approximate surface area is 118 Å². The molecular formula is C15H21NO4. The Bertz CT molecular complexity index is 455. The van der Waals surface area contributed by atoms with Crippen LogP contribution < -0.4 is 5.73 Å². The number of ether oxygens (including phenoxy) is 2. The summed E-state index contributed by atoms with van der Waals surface area (Å²) in [6, 6.07) is -0.192. The van der Waals surface area contributed by atoms with E-state index in [1.807, 2.05) is 31.2 Å². The van der Waals surface area contributed by atoms with Crippen LogP contribution in [0.3, 0.4) is 0 Å². The Morgan fingerprint density at radius 2 is 2.25 bits per heavy atom. The van der Waals surface area contributed by atoms with E-state index >= 15 is 0 Å². The molecule has 0 bridgehead atoms. The van der Waals surface area contributed by atoms with Crippen molar-refractivity contribution in [1.82, 2.24) is 0 Å². The SMILES string of the molecule is CC12C=CC(=O)OC1C=C(OCCCC(N)CO)C=C2. The molecule has 0 aromatic heterocycles. The van der Waals surface area contributed by atoms with Crippen LogP contribution in [0.25, 0.3) is 0 Å². The van der Waals surface area contributed by atoms with Gasteiger partial charge in [0.2, 0.25) is 0 Å². The van der Waals surface area contributed by atoms with Crippen molar-refractivity contribution in [3.8, 4) is 0 Å². The lowest BCUT2D eigenvalue weighted by molar-refractivity contribution is -0.145. The lowest BCUT2D eigenvalue weighted by Crippen LogP contribution is -2.36. The van der Waals surface area contributed by atoms with Crippen LogP contribution in [0, 0.1) is 5.41 Å². The number of allylic oxidation sites excluding steroid dienone is 1. The summed E-state index contributed by atoms with van der Waals surface area (Å²) in [5, 5.41) is 8.82. The molecule has 3 atom stereocenters. The van der Waals surface area contributed by atoms with E-state index in [-0.39, 0.29) is 30.1 Å². The predicted molar refractivity (Wildman–Crippen MR) is 74.6 cm³/mol. The molecule has 0 spiro atoms. The summed E-state index contributed by atoms with van der Waals surface area (Å²) in [7, 11) is 0. The number of aliphatic hydroxyl groups excluding tert-OH is 1. The van der Waals surface area contributed by atoms with Crippen molar-refractivity contribution < 1.29 is 19.4 Å². The Balaban J connectivity index is 1.86. The maximum atomic E-state index is 11.3. The number of rotatable bonds is 6. The van der Waals surface area contributed by atoms with E-state index < -0.39 is 0 Å². The number of nitrogens with two attached hydrogens (primary N) is 1. The molecule has 2 aliphatic rings. The fraction of sp³-hybridized carbons (Fsp3) is 0.533. The van der Waals surface area contributed by atoms with Gasteiger partial charge in [0.15, 0.2) is 0 Å². The average molecular weight is 279 g/mol. The lowest BCUT2D eigenvalue weighted by atomic mass is 9.79. The third kappa shape index (κ3) is 3.49. The van der Waals surface area contributed by atoms with Crippen molar-refractivity contribution >= 4 is 5.97 Å². The van der Waals surface area contributed by atoms with Crippen LogP contribution in [0.15, 0.2) is 36.1 Å². The Morgan fingerprint density at radius 3 is 3.00 bits per heavy atom.